The fraction of sp³-hybridized carbons (Fsp3) is 0.231. The van der Waals surface area contributed by atoms with Gasteiger partial charge in [-0.3, -0.25) is 11.3 Å². The van der Waals surface area contributed by atoms with Crippen molar-refractivity contribution < 1.29 is 0 Å². The molecule has 5 heteroatoms. The zero-order chi connectivity index (χ0) is 13.0. The molecular weight excluding hydrogens is 376 g/mol. The number of rotatable bonds is 5. The standard InChI is InChI=1S/C13H14Br2N2S/c14-10-2-3-11(12(15)7-10)13(17-16)4-1-9-5-6-18-8-9/h2-3,5-8,13,17H,1,4,16H2. The molecule has 1 aromatic carbocycles. The number of nitrogens with one attached hydrogen (secondary N) is 1. The molecule has 96 valence electrons. The van der Waals surface area contributed by atoms with Crippen molar-refractivity contribution in [1.29, 1.82) is 0 Å². The summed E-state index contributed by atoms with van der Waals surface area (Å²) in [7, 11) is 0. The van der Waals surface area contributed by atoms with Crippen LogP contribution in [0.25, 0.3) is 0 Å². The molecule has 0 aliphatic rings. The summed E-state index contributed by atoms with van der Waals surface area (Å²) in [5, 5.41) is 4.29. The van der Waals surface area contributed by atoms with E-state index in [2.05, 4.69) is 60.2 Å². The molecule has 0 amide bonds. The van der Waals surface area contributed by atoms with Gasteiger partial charge in [-0.2, -0.15) is 11.3 Å². The van der Waals surface area contributed by atoms with E-state index >= 15 is 0 Å². The Morgan fingerprint density at radius 3 is 2.72 bits per heavy atom. The summed E-state index contributed by atoms with van der Waals surface area (Å²) in [5.74, 6) is 5.67. The molecular formula is C13H14Br2N2S. The van der Waals surface area contributed by atoms with Gasteiger partial charge in [0.25, 0.3) is 0 Å². The first kappa shape index (κ1) is 14.2. The summed E-state index contributed by atoms with van der Waals surface area (Å²) in [5.41, 5.74) is 5.46. The van der Waals surface area contributed by atoms with Gasteiger partial charge in [0.2, 0.25) is 0 Å². The molecule has 0 aliphatic carbocycles. The molecule has 0 aliphatic heterocycles. The molecule has 1 atom stereocenters. The van der Waals surface area contributed by atoms with Crippen LogP contribution in [-0.2, 0) is 6.42 Å². The van der Waals surface area contributed by atoms with Gasteiger partial charge in [0.1, 0.15) is 0 Å². The van der Waals surface area contributed by atoms with E-state index in [9.17, 15) is 0 Å². The first-order valence-electron chi connectivity index (χ1n) is 5.63. The van der Waals surface area contributed by atoms with Crippen molar-refractivity contribution in [3.05, 3.63) is 55.1 Å². The van der Waals surface area contributed by atoms with Gasteiger partial charge in [0, 0.05) is 15.0 Å². The highest BCUT2D eigenvalue weighted by Crippen LogP contribution is 2.29. The Labute approximate surface area is 128 Å². The van der Waals surface area contributed by atoms with E-state index in [0.717, 1.165) is 21.8 Å². The monoisotopic (exact) mass is 388 g/mol. The van der Waals surface area contributed by atoms with E-state index in [0.29, 0.717) is 0 Å². The number of aryl methyl sites for hydroxylation is 1. The van der Waals surface area contributed by atoms with Gasteiger partial charge in [0.15, 0.2) is 0 Å². The van der Waals surface area contributed by atoms with Crippen LogP contribution in [0.5, 0.6) is 0 Å². The zero-order valence-electron chi connectivity index (χ0n) is 9.70. The first-order valence-corrected chi connectivity index (χ1v) is 8.15. The zero-order valence-corrected chi connectivity index (χ0v) is 13.7. The highest BCUT2D eigenvalue weighted by Gasteiger charge is 2.13. The lowest BCUT2D eigenvalue weighted by Gasteiger charge is -2.17. The molecule has 0 spiro atoms. The number of benzene rings is 1. The number of hydrazine groups is 1. The van der Waals surface area contributed by atoms with Gasteiger partial charge in [-0.05, 0) is 52.9 Å². The van der Waals surface area contributed by atoms with Gasteiger partial charge >= 0.3 is 0 Å². The predicted molar refractivity (Wildman–Crippen MR) is 84.5 cm³/mol. The number of halogens is 2. The summed E-state index contributed by atoms with van der Waals surface area (Å²) in [6.07, 6.45) is 2.01. The van der Waals surface area contributed by atoms with Gasteiger partial charge in [-0.1, -0.05) is 37.9 Å². The van der Waals surface area contributed by atoms with Crippen molar-refractivity contribution in [3.63, 3.8) is 0 Å². The lowest BCUT2D eigenvalue weighted by molar-refractivity contribution is 0.515. The Hall–Kier alpha value is -0.200. The van der Waals surface area contributed by atoms with Gasteiger partial charge in [0.05, 0.1) is 0 Å². The van der Waals surface area contributed by atoms with Gasteiger partial charge < -0.3 is 0 Å². The third-order valence-corrected chi connectivity index (χ3v) is 4.75. The Morgan fingerprint density at radius 2 is 2.11 bits per heavy atom. The molecule has 1 aromatic heterocycles. The van der Waals surface area contributed by atoms with Crippen LogP contribution in [0.4, 0.5) is 0 Å². The molecule has 0 radical (unpaired) electrons. The maximum atomic E-state index is 5.67. The quantitative estimate of drug-likeness (QED) is 0.587. The second kappa shape index (κ2) is 6.82. The summed E-state index contributed by atoms with van der Waals surface area (Å²) >= 11 is 8.77. The van der Waals surface area contributed by atoms with Crippen LogP contribution < -0.4 is 11.3 Å². The number of hydrogen-bond donors (Lipinski definition) is 2. The average Bonchev–Trinajstić information content (AvgIpc) is 2.85. The van der Waals surface area contributed by atoms with Gasteiger partial charge in [-0.15, -0.1) is 0 Å². The maximum Gasteiger partial charge on any atom is 0.0474 e. The smallest absolute Gasteiger partial charge is 0.0474 e. The van der Waals surface area contributed by atoms with Crippen LogP contribution in [0.1, 0.15) is 23.6 Å². The Bertz CT molecular complexity index is 500. The molecule has 3 N–H and O–H groups in total. The van der Waals surface area contributed by atoms with E-state index in [4.69, 9.17) is 5.84 Å². The van der Waals surface area contributed by atoms with Crippen LogP contribution >= 0.6 is 43.2 Å². The van der Waals surface area contributed by atoms with E-state index < -0.39 is 0 Å². The lowest BCUT2D eigenvalue weighted by atomic mass is 10.0. The van der Waals surface area contributed by atoms with Crippen molar-refractivity contribution in [1.82, 2.24) is 5.43 Å². The van der Waals surface area contributed by atoms with E-state index in [1.807, 2.05) is 12.1 Å². The minimum absolute atomic E-state index is 0.160. The van der Waals surface area contributed by atoms with Crippen LogP contribution in [0.2, 0.25) is 0 Å². The highest BCUT2D eigenvalue weighted by molar-refractivity contribution is 9.11. The average molecular weight is 390 g/mol. The molecule has 1 unspecified atom stereocenters. The molecule has 0 bridgehead atoms. The van der Waals surface area contributed by atoms with Crippen molar-refractivity contribution in [2.75, 3.05) is 0 Å². The van der Waals surface area contributed by atoms with Gasteiger partial charge in [-0.25, -0.2) is 0 Å². The second-order valence-corrected chi connectivity index (χ2v) is 6.61. The Balaban J connectivity index is 2.08. The Kier molecular flexibility index (Phi) is 5.38. The largest absolute Gasteiger partial charge is 0.271 e. The predicted octanol–water partition coefficient (Wildman–Crippen LogP) is 4.41. The summed E-state index contributed by atoms with van der Waals surface area (Å²) in [6, 6.07) is 8.49. The molecule has 0 fully saturated rings. The molecule has 2 nitrogen and oxygen atoms in total. The van der Waals surface area contributed by atoms with Crippen molar-refractivity contribution in [3.8, 4) is 0 Å². The third-order valence-electron chi connectivity index (χ3n) is 2.84. The summed E-state index contributed by atoms with van der Waals surface area (Å²) < 4.78 is 2.14. The number of thiophene rings is 1. The minimum atomic E-state index is 0.160. The molecule has 0 saturated heterocycles. The second-order valence-electron chi connectivity index (χ2n) is 4.06. The lowest BCUT2D eigenvalue weighted by Crippen LogP contribution is -2.28. The SMILES string of the molecule is NNC(CCc1ccsc1)c1ccc(Br)cc1Br. The normalized spacial score (nSPS) is 12.6. The molecule has 18 heavy (non-hydrogen) atoms. The maximum absolute atomic E-state index is 5.67. The Morgan fingerprint density at radius 1 is 1.28 bits per heavy atom. The van der Waals surface area contributed by atoms with Crippen molar-refractivity contribution in [2.45, 2.75) is 18.9 Å². The van der Waals surface area contributed by atoms with Crippen LogP contribution in [0.3, 0.4) is 0 Å². The minimum Gasteiger partial charge on any atom is -0.271 e. The molecule has 2 rings (SSSR count). The fourth-order valence-corrected chi connectivity index (χ4v) is 3.89. The molecule has 1 heterocycles. The first-order chi connectivity index (χ1) is 8.70. The molecule has 2 aromatic rings. The van der Waals surface area contributed by atoms with Crippen molar-refractivity contribution in [2.24, 2.45) is 5.84 Å². The summed E-state index contributed by atoms with van der Waals surface area (Å²) in [4.78, 5) is 0. The van der Waals surface area contributed by atoms with Crippen LogP contribution in [-0.4, -0.2) is 0 Å². The topological polar surface area (TPSA) is 38.0 Å². The van der Waals surface area contributed by atoms with Crippen molar-refractivity contribution >= 4 is 43.2 Å². The van der Waals surface area contributed by atoms with Crippen LogP contribution in [0.15, 0.2) is 44.0 Å². The highest BCUT2D eigenvalue weighted by atomic mass is 79.9. The van der Waals surface area contributed by atoms with E-state index in [-0.39, 0.29) is 6.04 Å². The third kappa shape index (κ3) is 3.65. The van der Waals surface area contributed by atoms with E-state index in [1.165, 1.54) is 11.1 Å². The molecule has 0 saturated carbocycles. The number of hydrogen-bond acceptors (Lipinski definition) is 3. The van der Waals surface area contributed by atoms with Crippen LogP contribution in [0, 0.1) is 0 Å². The summed E-state index contributed by atoms with van der Waals surface area (Å²) in [6.45, 7) is 0. The van der Waals surface area contributed by atoms with E-state index in [1.54, 1.807) is 11.3 Å². The fourth-order valence-electron chi connectivity index (χ4n) is 1.86. The number of nitrogens with two attached hydrogens (primary N) is 1.